The van der Waals surface area contributed by atoms with Crippen molar-refractivity contribution in [1.29, 1.82) is 0 Å². The molecule has 3 rings (SSSR count). The van der Waals surface area contributed by atoms with E-state index in [1.165, 1.54) is 38.3 Å². The lowest BCUT2D eigenvalue weighted by molar-refractivity contribution is -0.125. The Balaban J connectivity index is 0.000000635. The van der Waals surface area contributed by atoms with E-state index in [9.17, 15) is 14.4 Å². The number of benzene rings is 1. The number of hydrogen-bond acceptors (Lipinski definition) is 8. The van der Waals surface area contributed by atoms with Gasteiger partial charge < -0.3 is 30.3 Å². The van der Waals surface area contributed by atoms with Crippen LogP contribution in [-0.4, -0.2) is 67.6 Å². The van der Waals surface area contributed by atoms with Gasteiger partial charge in [-0.05, 0) is 76.4 Å². The number of thiol groups is 1. The summed E-state index contributed by atoms with van der Waals surface area (Å²) in [6, 6.07) is 10.4. The standard InChI is InChI=1S/C13H17NO2.C13H25NO.C8H14N2O2.H3NS/c1-11-7-13(8-14(11)10-15)16-9-12-5-3-2-4-6-12;1-10(13(3,4)5)14-11(2)15-12-8-6-7-9-12;1-3-4-5-7(10-6-11)8(12)9-2;1-2/h2-6,10-11,13H,7-9H2,1H3;10,12,14H,2,6-9H2,1,3-5H3;3,6-7H,1,4-5H2,2H3,(H,9,12)(H,10,11);2H,1H2. The van der Waals surface area contributed by atoms with Crippen molar-refractivity contribution in [3.8, 4) is 0 Å². The maximum Gasteiger partial charge on any atom is 0.242 e. The van der Waals surface area contributed by atoms with E-state index < -0.39 is 6.04 Å². The molecule has 4 unspecified atom stereocenters. The van der Waals surface area contributed by atoms with Crippen molar-refractivity contribution in [3.05, 3.63) is 61.0 Å². The maximum absolute atomic E-state index is 11.0. The minimum Gasteiger partial charge on any atom is -0.476 e. The van der Waals surface area contributed by atoms with Crippen molar-refractivity contribution >= 4 is 31.5 Å². The lowest BCUT2D eigenvalue weighted by atomic mass is 9.88. The van der Waals surface area contributed by atoms with Gasteiger partial charge in [-0.2, -0.15) is 0 Å². The second-order valence-electron chi connectivity index (χ2n) is 12.3. The fourth-order valence-corrected chi connectivity index (χ4v) is 4.59. The Morgan fingerprint density at radius 3 is 2.27 bits per heavy atom. The highest BCUT2D eigenvalue weighted by Gasteiger charge is 2.28. The first-order valence-electron chi connectivity index (χ1n) is 15.7. The molecule has 0 spiro atoms. The van der Waals surface area contributed by atoms with Crippen LogP contribution >= 0.6 is 12.8 Å². The molecular formula is C34H59N5O5S. The van der Waals surface area contributed by atoms with Gasteiger partial charge in [0.05, 0.1) is 12.7 Å². The molecular weight excluding hydrogens is 590 g/mol. The van der Waals surface area contributed by atoms with E-state index in [4.69, 9.17) is 9.47 Å². The fraction of sp³-hybridized carbons (Fsp3) is 0.618. The first kappa shape index (κ1) is 42.0. The highest BCUT2D eigenvalue weighted by molar-refractivity contribution is 7.77. The number of likely N-dealkylation sites (tertiary alicyclic amines) is 1. The Bertz CT molecular complexity index is 969. The van der Waals surface area contributed by atoms with Gasteiger partial charge in [0, 0.05) is 25.7 Å². The molecule has 2 fully saturated rings. The third-order valence-corrected chi connectivity index (χ3v) is 7.83. The Labute approximate surface area is 277 Å². The molecule has 0 radical (unpaired) electrons. The topological polar surface area (TPSA) is 135 Å². The van der Waals surface area contributed by atoms with Gasteiger partial charge in [-0.3, -0.25) is 19.5 Å². The third-order valence-electron chi connectivity index (χ3n) is 7.83. The van der Waals surface area contributed by atoms with Crippen molar-refractivity contribution in [2.45, 2.75) is 117 Å². The molecule has 1 aromatic rings. The van der Waals surface area contributed by atoms with Crippen LogP contribution in [0.1, 0.15) is 85.1 Å². The van der Waals surface area contributed by atoms with Crippen LogP contribution in [0.3, 0.4) is 0 Å². The molecule has 5 N–H and O–H groups in total. The van der Waals surface area contributed by atoms with E-state index in [0.29, 0.717) is 44.0 Å². The minimum absolute atomic E-state index is 0.177. The SMILES string of the molecule is C=C(NC(C)C(C)(C)C)OC1CCCC1.C=CCCC(NC=O)C(=O)NC.CC1CC(OCc2ccccc2)CN1C=O.NS. The molecule has 3 amide bonds. The molecule has 1 heterocycles. The maximum atomic E-state index is 11.0. The van der Waals surface area contributed by atoms with Crippen LogP contribution in [0.15, 0.2) is 55.4 Å². The molecule has 256 valence electrons. The molecule has 10 nitrogen and oxygen atoms in total. The lowest BCUT2D eigenvalue weighted by Crippen LogP contribution is -2.42. The third kappa shape index (κ3) is 18.5. The van der Waals surface area contributed by atoms with Crippen LogP contribution in [0.2, 0.25) is 0 Å². The van der Waals surface area contributed by atoms with Gasteiger partial charge in [-0.15, -0.1) is 19.4 Å². The van der Waals surface area contributed by atoms with E-state index in [1.807, 2.05) is 18.2 Å². The van der Waals surface area contributed by atoms with Crippen LogP contribution in [-0.2, 0) is 30.5 Å². The summed E-state index contributed by atoms with van der Waals surface area (Å²) in [7, 11) is 1.54. The number of amides is 3. The molecule has 0 bridgehead atoms. The summed E-state index contributed by atoms with van der Waals surface area (Å²) in [5.41, 5.74) is 1.42. The highest BCUT2D eigenvalue weighted by atomic mass is 32.1. The number of hydrogen-bond donors (Lipinski definition) is 5. The van der Waals surface area contributed by atoms with E-state index in [0.717, 1.165) is 25.3 Å². The van der Waals surface area contributed by atoms with Gasteiger partial charge in [0.1, 0.15) is 12.1 Å². The summed E-state index contributed by atoms with van der Waals surface area (Å²) in [5.74, 6) is 0.563. The second kappa shape index (κ2) is 24.2. The van der Waals surface area contributed by atoms with E-state index >= 15 is 0 Å². The van der Waals surface area contributed by atoms with Crippen LogP contribution in [0.4, 0.5) is 0 Å². The van der Waals surface area contributed by atoms with Gasteiger partial charge in [-0.1, -0.05) is 57.2 Å². The largest absolute Gasteiger partial charge is 0.476 e. The number of nitrogens with one attached hydrogen (secondary N) is 3. The quantitative estimate of drug-likeness (QED) is 0.0841. The summed E-state index contributed by atoms with van der Waals surface area (Å²) in [5, 5.41) is 12.4. The average Bonchev–Trinajstić information content (AvgIpc) is 3.68. The monoisotopic (exact) mass is 649 g/mol. The Hall–Kier alpha value is -3.02. The van der Waals surface area contributed by atoms with E-state index in [2.05, 4.69) is 93.8 Å². The Morgan fingerprint density at radius 2 is 1.78 bits per heavy atom. The van der Waals surface area contributed by atoms with Gasteiger partial charge in [0.25, 0.3) is 0 Å². The number of ether oxygens (including phenoxy) is 2. The summed E-state index contributed by atoms with van der Waals surface area (Å²) in [4.78, 5) is 33.6. The molecule has 1 aliphatic heterocycles. The molecule has 4 atom stereocenters. The smallest absolute Gasteiger partial charge is 0.242 e. The number of likely N-dealkylation sites (N-methyl/N-ethyl adjacent to an activating group) is 1. The second-order valence-corrected chi connectivity index (χ2v) is 12.3. The zero-order chi connectivity index (χ0) is 34.3. The summed E-state index contributed by atoms with van der Waals surface area (Å²) in [6.45, 7) is 19.7. The van der Waals surface area contributed by atoms with E-state index in [-0.39, 0.29) is 17.4 Å². The normalized spacial score (nSPS) is 18.6. The molecule has 1 saturated carbocycles. The molecule has 45 heavy (non-hydrogen) atoms. The lowest BCUT2D eigenvalue weighted by Gasteiger charge is -2.30. The van der Waals surface area contributed by atoms with Crippen molar-refractivity contribution in [3.63, 3.8) is 0 Å². The number of rotatable bonds is 14. The van der Waals surface area contributed by atoms with Crippen LogP contribution in [0.5, 0.6) is 0 Å². The van der Waals surface area contributed by atoms with Crippen molar-refractivity contribution < 1.29 is 23.9 Å². The minimum atomic E-state index is -0.439. The first-order chi connectivity index (χ1) is 21.4. The van der Waals surface area contributed by atoms with E-state index in [1.54, 1.807) is 11.0 Å². The molecule has 1 aliphatic carbocycles. The summed E-state index contributed by atoms with van der Waals surface area (Å²) >= 11 is 3.03. The number of carbonyl (C=O) groups excluding carboxylic acids is 3. The molecule has 11 heteroatoms. The Morgan fingerprint density at radius 1 is 1.16 bits per heavy atom. The van der Waals surface area contributed by atoms with Crippen LogP contribution in [0.25, 0.3) is 0 Å². The van der Waals surface area contributed by atoms with Crippen molar-refractivity contribution in [1.82, 2.24) is 20.9 Å². The number of nitrogens with two attached hydrogens (primary N) is 1. The molecule has 0 aromatic heterocycles. The predicted molar refractivity (Wildman–Crippen MR) is 186 cm³/mol. The Kier molecular flexibility index (Phi) is 22.6. The average molecular weight is 650 g/mol. The molecule has 2 aliphatic rings. The number of nitrogens with zero attached hydrogens (tertiary/aromatic N) is 1. The molecule has 1 saturated heterocycles. The van der Waals surface area contributed by atoms with Gasteiger partial charge in [0.15, 0.2) is 5.88 Å². The summed E-state index contributed by atoms with van der Waals surface area (Å²) in [6.07, 6.45) is 10.9. The zero-order valence-electron chi connectivity index (χ0n) is 28.3. The van der Waals surface area contributed by atoms with Crippen LogP contribution < -0.4 is 21.1 Å². The van der Waals surface area contributed by atoms with Gasteiger partial charge >= 0.3 is 0 Å². The van der Waals surface area contributed by atoms with Gasteiger partial charge in [-0.25, -0.2) is 0 Å². The van der Waals surface area contributed by atoms with Gasteiger partial charge in [0.2, 0.25) is 18.7 Å². The molecule has 1 aromatic carbocycles. The number of allylic oxidation sites excluding steroid dienone is 1. The zero-order valence-corrected chi connectivity index (χ0v) is 29.2. The number of carbonyl (C=O) groups is 3. The highest BCUT2D eigenvalue weighted by Crippen LogP contribution is 2.24. The van der Waals surface area contributed by atoms with Crippen molar-refractivity contribution in [2.24, 2.45) is 10.6 Å². The fourth-order valence-electron chi connectivity index (χ4n) is 4.59. The van der Waals surface area contributed by atoms with Crippen LogP contribution in [0, 0.1) is 5.41 Å². The summed E-state index contributed by atoms with van der Waals surface area (Å²) < 4.78 is 11.6. The van der Waals surface area contributed by atoms with Crippen molar-refractivity contribution in [2.75, 3.05) is 13.6 Å². The predicted octanol–water partition coefficient (Wildman–Crippen LogP) is 4.87. The first-order valence-corrected chi connectivity index (χ1v) is 16.2.